The molecular weight excluding hydrogens is 302 g/mol. The number of nitrogens with one attached hydrogen (secondary N) is 1. The Labute approximate surface area is 122 Å². The van der Waals surface area contributed by atoms with Gasteiger partial charge in [0, 0.05) is 6.07 Å². The molecule has 0 spiro atoms. The maximum atomic E-state index is 11.9. The van der Waals surface area contributed by atoms with E-state index in [2.05, 4.69) is 5.32 Å². The van der Waals surface area contributed by atoms with Crippen LogP contribution in [0.2, 0.25) is 5.02 Å². The molecule has 0 saturated heterocycles. The zero-order valence-electron chi connectivity index (χ0n) is 9.79. The van der Waals surface area contributed by atoms with Crippen molar-refractivity contribution in [1.82, 2.24) is 0 Å². The first kappa shape index (κ1) is 14.0. The van der Waals surface area contributed by atoms with Crippen molar-refractivity contribution in [2.24, 2.45) is 0 Å². The largest absolute Gasteiger partial charge is 0.324 e. The molecule has 1 aromatic carbocycles. The smallest absolute Gasteiger partial charge is 0.320 e. The number of rotatable bonds is 3. The van der Waals surface area contributed by atoms with Crippen LogP contribution in [0.4, 0.5) is 10.7 Å². The molecule has 20 heavy (non-hydrogen) atoms. The van der Waals surface area contributed by atoms with Gasteiger partial charge >= 0.3 is 5.00 Å². The maximum absolute atomic E-state index is 11.9. The number of hydrogen-bond donors (Lipinski definition) is 1. The van der Waals surface area contributed by atoms with Crippen molar-refractivity contribution in [2.75, 3.05) is 5.32 Å². The number of anilines is 1. The van der Waals surface area contributed by atoms with E-state index in [9.17, 15) is 14.9 Å². The summed E-state index contributed by atoms with van der Waals surface area (Å²) in [4.78, 5) is 22.1. The van der Waals surface area contributed by atoms with E-state index in [4.69, 9.17) is 16.9 Å². The SMILES string of the molecule is N#Cc1ccc(NC(=O)c2ccc([N+](=O)[O-])s2)c(Cl)c1. The van der Waals surface area contributed by atoms with Crippen LogP contribution in [0.3, 0.4) is 0 Å². The first-order chi connectivity index (χ1) is 9.51. The van der Waals surface area contributed by atoms with Crippen molar-refractivity contribution in [3.05, 3.63) is 55.9 Å². The first-order valence-corrected chi connectivity index (χ1v) is 6.46. The number of thiophene rings is 1. The van der Waals surface area contributed by atoms with Crippen molar-refractivity contribution in [3.63, 3.8) is 0 Å². The minimum atomic E-state index is -0.559. The van der Waals surface area contributed by atoms with Crippen molar-refractivity contribution in [3.8, 4) is 6.07 Å². The van der Waals surface area contributed by atoms with E-state index in [0.29, 0.717) is 11.3 Å². The van der Waals surface area contributed by atoms with Gasteiger partial charge in [-0.15, -0.1) is 0 Å². The highest BCUT2D eigenvalue weighted by Crippen LogP contribution is 2.27. The highest BCUT2D eigenvalue weighted by atomic mass is 35.5. The zero-order valence-corrected chi connectivity index (χ0v) is 11.4. The molecule has 1 aromatic heterocycles. The Kier molecular flexibility index (Phi) is 3.98. The predicted octanol–water partition coefficient (Wildman–Crippen LogP) is 3.43. The van der Waals surface area contributed by atoms with Crippen LogP contribution >= 0.6 is 22.9 Å². The molecule has 1 heterocycles. The Morgan fingerprint density at radius 3 is 2.70 bits per heavy atom. The van der Waals surface area contributed by atoms with Gasteiger partial charge in [0.05, 0.1) is 32.1 Å². The van der Waals surface area contributed by atoms with E-state index in [1.807, 2.05) is 6.07 Å². The molecule has 0 fully saturated rings. The molecule has 0 aliphatic carbocycles. The maximum Gasteiger partial charge on any atom is 0.324 e. The second-order valence-electron chi connectivity index (χ2n) is 3.66. The summed E-state index contributed by atoms with van der Waals surface area (Å²) in [6, 6.07) is 9.00. The topological polar surface area (TPSA) is 96.0 Å². The lowest BCUT2D eigenvalue weighted by molar-refractivity contribution is -0.380. The van der Waals surface area contributed by atoms with E-state index in [-0.39, 0.29) is 14.9 Å². The van der Waals surface area contributed by atoms with E-state index in [0.717, 1.165) is 11.3 Å². The van der Waals surface area contributed by atoms with E-state index in [1.54, 1.807) is 0 Å². The van der Waals surface area contributed by atoms with Crippen LogP contribution in [0.1, 0.15) is 15.2 Å². The fraction of sp³-hybridized carbons (Fsp3) is 0. The Morgan fingerprint density at radius 2 is 2.15 bits per heavy atom. The molecule has 0 bridgehead atoms. The molecule has 100 valence electrons. The number of amides is 1. The van der Waals surface area contributed by atoms with Gasteiger partial charge in [-0.3, -0.25) is 14.9 Å². The summed E-state index contributed by atoms with van der Waals surface area (Å²) in [6.07, 6.45) is 0. The Balaban J connectivity index is 2.19. The van der Waals surface area contributed by atoms with Gasteiger partial charge in [0.1, 0.15) is 0 Å². The molecule has 6 nitrogen and oxygen atoms in total. The van der Waals surface area contributed by atoms with Gasteiger partial charge in [-0.05, 0) is 24.3 Å². The van der Waals surface area contributed by atoms with Crippen molar-refractivity contribution >= 4 is 39.5 Å². The molecule has 0 atom stereocenters. The fourth-order valence-corrected chi connectivity index (χ4v) is 2.36. The summed E-state index contributed by atoms with van der Waals surface area (Å²) < 4.78 is 0. The highest BCUT2D eigenvalue weighted by Gasteiger charge is 2.16. The van der Waals surface area contributed by atoms with Crippen molar-refractivity contribution < 1.29 is 9.72 Å². The average molecular weight is 308 g/mol. The number of nitro groups is 1. The number of carbonyl (C=O) groups is 1. The van der Waals surface area contributed by atoms with Crippen LogP contribution in [-0.4, -0.2) is 10.8 Å². The van der Waals surface area contributed by atoms with Gasteiger partial charge in [0.15, 0.2) is 0 Å². The van der Waals surface area contributed by atoms with Gasteiger partial charge in [-0.25, -0.2) is 0 Å². The molecule has 2 rings (SSSR count). The Bertz CT molecular complexity index is 736. The van der Waals surface area contributed by atoms with E-state index >= 15 is 0 Å². The summed E-state index contributed by atoms with van der Waals surface area (Å²) in [5.41, 5.74) is 0.714. The quantitative estimate of drug-likeness (QED) is 0.694. The summed E-state index contributed by atoms with van der Waals surface area (Å²) >= 11 is 6.70. The normalized spacial score (nSPS) is 9.80. The van der Waals surface area contributed by atoms with Crippen LogP contribution in [-0.2, 0) is 0 Å². The van der Waals surface area contributed by atoms with Gasteiger partial charge in [0.2, 0.25) is 0 Å². The third-order valence-corrected chi connectivity index (χ3v) is 3.69. The van der Waals surface area contributed by atoms with Crippen LogP contribution in [0, 0.1) is 21.4 Å². The van der Waals surface area contributed by atoms with Gasteiger partial charge in [-0.1, -0.05) is 22.9 Å². The molecular formula is C12H6ClN3O3S. The highest BCUT2D eigenvalue weighted by molar-refractivity contribution is 7.17. The summed E-state index contributed by atoms with van der Waals surface area (Å²) in [5.74, 6) is -0.491. The Hall–Kier alpha value is -2.43. The van der Waals surface area contributed by atoms with Gasteiger partial charge in [0.25, 0.3) is 5.91 Å². The lowest BCUT2D eigenvalue weighted by Crippen LogP contribution is -2.10. The molecule has 1 N–H and O–H groups in total. The molecule has 2 aromatic rings. The molecule has 0 aliphatic rings. The molecule has 0 saturated carbocycles. The molecule has 0 radical (unpaired) electrons. The average Bonchev–Trinajstić information content (AvgIpc) is 2.91. The van der Waals surface area contributed by atoms with E-state index in [1.165, 1.54) is 30.3 Å². The van der Waals surface area contributed by atoms with E-state index < -0.39 is 10.8 Å². The third-order valence-electron chi connectivity index (χ3n) is 2.34. The lowest BCUT2D eigenvalue weighted by atomic mass is 10.2. The second-order valence-corrected chi connectivity index (χ2v) is 5.12. The zero-order chi connectivity index (χ0) is 14.7. The van der Waals surface area contributed by atoms with Crippen molar-refractivity contribution in [1.29, 1.82) is 5.26 Å². The number of carbonyl (C=O) groups excluding carboxylic acids is 1. The van der Waals surface area contributed by atoms with Crippen molar-refractivity contribution in [2.45, 2.75) is 0 Å². The third kappa shape index (κ3) is 2.93. The van der Waals surface area contributed by atoms with Crippen LogP contribution in [0.5, 0.6) is 0 Å². The second kappa shape index (κ2) is 5.69. The van der Waals surface area contributed by atoms with Crippen LogP contribution in [0.15, 0.2) is 30.3 Å². The minimum absolute atomic E-state index is 0.110. The van der Waals surface area contributed by atoms with Crippen LogP contribution < -0.4 is 5.32 Å². The lowest BCUT2D eigenvalue weighted by Gasteiger charge is -2.05. The number of nitrogens with zero attached hydrogens (tertiary/aromatic N) is 2. The summed E-state index contributed by atoms with van der Waals surface area (Å²) in [6.45, 7) is 0. The van der Waals surface area contributed by atoms with Gasteiger partial charge < -0.3 is 5.32 Å². The molecule has 8 heteroatoms. The van der Waals surface area contributed by atoms with Crippen LogP contribution in [0.25, 0.3) is 0 Å². The number of hydrogen-bond acceptors (Lipinski definition) is 5. The van der Waals surface area contributed by atoms with Gasteiger partial charge in [-0.2, -0.15) is 5.26 Å². The monoisotopic (exact) mass is 307 g/mol. The first-order valence-electron chi connectivity index (χ1n) is 5.26. The molecule has 0 unspecified atom stereocenters. The fourth-order valence-electron chi connectivity index (χ4n) is 1.42. The number of benzene rings is 1. The Morgan fingerprint density at radius 1 is 1.40 bits per heavy atom. The molecule has 1 amide bonds. The number of halogens is 1. The predicted molar refractivity (Wildman–Crippen MR) is 75.1 cm³/mol. The standard InChI is InChI=1S/C12H6ClN3O3S/c13-8-5-7(6-14)1-2-9(8)15-12(17)10-3-4-11(20-10)16(18)19/h1-5H,(H,15,17). The molecule has 0 aliphatic heterocycles. The minimum Gasteiger partial charge on any atom is -0.320 e. The number of nitriles is 1. The summed E-state index contributed by atoms with van der Waals surface area (Å²) in [7, 11) is 0. The summed E-state index contributed by atoms with van der Waals surface area (Å²) in [5, 5.41) is 21.9.